The summed E-state index contributed by atoms with van der Waals surface area (Å²) in [5.74, 6) is -1.39. The van der Waals surface area contributed by atoms with Crippen LogP contribution in [0.25, 0.3) is 0 Å². The van der Waals surface area contributed by atoms with Gasteiger partial charge in [-0.1, -0.05) is 6.07 Å². The van der Waals surface area contributed by atoms with Gasteiger partial charge in [0.1, 0.15) is 11.6 Å². The van der Waals surface area contributed by atoms with Gasteiger partial charge < -0.3 is 14.6 Å². The zero-order valence-electron chi connectivity index (χ0n) is 11.6. The molecule has 0 aliphatic rings. The summed E-state index contributed by atoms with van der Waals surface area (Å²) in [5.41, 5.74) is 0.712. The fourth-order valence-electron chi connectivity index (χ4n) is 1.96. The summed E-state index contributed by atoms with van der Waals surface area (Å²) >= 11 is 0. The normalized spacial score (nSPS) is 10.2. The van der Waals surface area contributed by atoms with Crippen LogP contribution in [0, 0.1) is 5.82 Å². The molecule has 5 nitrogen and oxygen atoms in total. The van der Waals surface area contributed by atoms with Crippen molar-refractivity contribution in [2.45, 2.75) is 6.42 Å². The highest BCUT2D eigenvalue weighted by Crippen LogP contribution is 2.27. The van der Waals surface area contributed by atoms with Crippen molar-refractivity contribution in [2.24, 2.45) is 0 Å². The van der Waals surface area contributed by atoms with E-state index in [2.05, 4.69) is 9.72 Å². The number of phenolic OH excluding ortho intramolecular Hbond substituents is 1. The molecule has 2 rings (SSSR count). The van der Waals surface area contributed by atoms with Crippen LogP contribution in [-0.4, -0.2) is 30.3 Å². The van der Waals surface area contributed by atoms with Gasteiger partial charge in [-0.15, -0.1) is 0 Å². The van der Waals surface area contributed by atoms with Gasteiger partial charge in [0.15, 0.2) is 0 Å². The van der Waals surface area contributed by atoms with E-state index >= 15 is 0 Å². The Hall–Kier alpha value is -2.63. The van der Waals surface area contributed by atoms with Crippen LogP contribution in [0.4, 0.5) is 4.39 Å². The number of ether oxygens (including phenoxy) is 2. The number of phenols is 1. The average Bonchev–Trinajstić information content (AvgIpc) is 2.50. The van der Waals surface area contributed by atoms with Crippen LogP contribution in [-0.2, 0) is 11.2 Å². The second kappa shape index (κ2) is 6.21. The summed E-state index contributed by atoms with van der Waals surface area (Å²) in [6.07, 6.45) is 1.80. The smallest absolute Gasteiger partial charge is 0.340 e. The van der Waals surface area contributed by atoms with Crippen LogP contribution < -0.4 is 4.74 Å². The summed E-state index contributed by atoms with van der Waals surface area (Å²) in [6, 6.07) is 5.64. The van der Waals surface area contributed by atoms with Crippen molar-refractivity contribution in [1.29, 1.82) is 0 Å². The van der Waals surface area contributed by atoms with Gasteiger partial charge >= 0.3 is 5.97 Å². The fourth-order valence-corrected chi connectivity index (χ4v) is 1.96. The number of esters is 1. The number of pyridine rings is 1. The molecule has 21 heavy (non-hydrogen) atoms. The Morgan fingerprint density at radius 2 is 2.10 bits per heavy atom. The SMILES string of the molecule is COC(=O)c1cc(O)c(Cc2cccnc2OC)cc1F. The number of hydrogen-bond donors (Lipinski definition) is 1. The van der Waals surface area contributed by atoms with Gasteiger partial charge in [-0.25, -0.2) is 14.2 Å². The Kier molecular flexibility index (Phi) is 4.37. The zero-order valence-corrected chi connectivity index (χ0v) is 11.6. The van der Waals surface area contributed by atoms with Crippen molar-refractivity contribution in [1.82, 2.24) is 4.98 Å². The molecular formula is C15H14FNO4. The molecule has 110 valence electrons. The molecule has 0 bridgehead atoms. The number of methoxy groups -OCH3 is 2. The highest BCUT2D eigenvalue weighted by Gasteiger charge is 2.17. The maximum Gasteiger partial charge on any atom is 0.340 e. The highest BCUT2D eigenvalue weighted by atomic mass is 19.1. The summed E-state index contributed by atoms with van der Waals surface area (Å²) in [7, 11) is 2.62. The van der Waals surface area contributed by atoms with E-state index < -0.39 is 11.8 Å². The van der Waals surface area contributed by atoms with E-state index in [1.807, 2.05) is 0 Å². The molecular weight excluding hydrogens is 277 g/mol. The Morgan fingerprint density at radius 3 is 2.76 bits per heavy atom. The van der Waals surface area contributed by atoms with Gasteiger partial charge in [0.05, 0.1) is 19.8 Å². The lowest BCUT2D eigenvalue weighted by atomic mass is 10.0. The summed E-state index contributed by atoms with van der Waals surface area (Å²) in [6.45, 7) is 0. The summed E-state index contributed by atoms with van der Waals surface area (Å²) in [5, 5.41) is 9.95. The van der Waals surface area contributed by atoms with E-state index in [4.69, 9.17) is 4.74 Å². The van der Waals surface area contributed by atoms with Crippen molar-refractivity contribution < 1.29 is 23.8 Å². The van der Waals surface area contributed by atoms with Crippen molar-refractivity contribution in [3.05, 3.63) is 53.0 Å². The lowest BCUT2D eigenvalue weighted by Crippen LogP contribution is -2.05. The van der Waals surface area contributed by atoms with Gasteiger partial charge in [0, 0.05) is 23.7 Å². The number of hydrogen-bond acceptors (Lipinski definition) is 5. The van der Waals surface area contributed by atoms with E-state index in [0.717, 1.165) is 19.2 Å². The predicted octanol–water partition coefficient (Wildman–Crippen LogP) is 2.31. The molecule has 1 N–H and O–H groups in total. The number of rotatable bonds is 4. The molecule has 2 aromatic rings. The molecule has 0 radical (unpaired) electrons. The molecule has 0 aliphatic carbocycles. The largest absolute Gasteiger partial charge is 0.508 e. The molecule has 0 fully saturated rings. The second-order valence-electron chi connectivity index (χ2n) is 4.30. The second-order valence-corrected chi connectivity index (χ2v) is 4.30. The zero-order chi connectivity index (χ0) is 15.4. The van der Waals surface area contributed by atoms with E-state index in [-0.39, 0.29) is 17.7 Å². The van der Waals surface area contributed by atoms with Crippen LogP contribution >= 0.6 is 0 Å². The molecule has 0 amide bonds. The summed E-state index contributed by atoms with van der Waals surface area (Å²) < 4.78 is 23.4. The molecule has 1 aromatic carbocycles. The number of aromatic hydroxyl groups is 1. The van der Waals surface area contributed by atoms with Crippen molar-refractivity contribution in [2.75, 3.05) is 14.2 Å². The number of benzene rings is 1. The number of carbonyl (C=O) groups is 1. The van der Waals surface area contributed by atoms with Crippen LogP contribution in [0.5, 0.6) is 11.6 Å². The Bertz CT molecular complexity index is 673. The number of aromatic nitrogens is 1. The molecule has 0 atom stereocenters. The Morgan fingerprint density at radius 1 is 1.33 bits per heavy atom. The monoisotopic (exact) mass is 291 g/mol. The highest BCUT2D eigenvalue weighted by molar-refractivity contribution is 5.90. The maximum absolute atomic E-state index is 13.9. The standard InChI is InChI=1S/C15H14FNO4/c1-20-14-9(4-3-5-17-14)6-10-7-12(16)11(8-13(10)18)15(19)21-2/h3-5,7-8,18H,6H2,1-2H3. The van der Waals surface area contributed by atoms with E-state index in [9.17, 15) is 14.3 Å². The lowest BCUT2D eigenvalue weighted by Gasteiger charge is -2.10. The summed E-state index contributed by atoms with van der Waals surface area (Å²) in [4.78, 5) is 15.4. The van der Waals surface area contributed by atoms with Crippen LogP contribution in [0.1, 0.15) is 21.5 Å². The first-order chi connectivity index (χ1) is 10.1. The number of halogens is 1. The molecule has 0 saturated heterocycles. The van der Waals surface area contributed by atoms with Crippen molar-refractivity contribution in [3.63, 3.8) is 0 Å². The molecule has 0 aliphatic heterocycles. The van der Waals surface area contributed by atoms with Gasteiger partial charge in [-0.3, -0.25) is 0 Å². The van der Waals surface area contributed by atoms with Gasteiger partial charge in [-0.2, -0.15) is 0 Å². The van der Waals surface area contributed by atoms with Crippen molar-refractivity contribution in [3.8, 4) is 11.6 Å². The number of nitrogens with zero attached hydrogens (tertiary/aromatic N) is 1. The van der Waals surface area contributed by atoms with Crippen LogP contribution in [0.15, 0.2) is 30.5 Å². The first kappa shape index (κ1) is 14.8. The maximum atomic E-state index is 13.9. The third-order valence-corrected chi connectivity index (χ3v) is 3.00. The van der Waals surface area contributed by atoms with E-state index in [1.165, 1.54) is 7.11 Å². The minimum Gasteiger partial charge on any atom is -0.508 e. The minimum absolute atomic E-state index is 0.192. The first-order valence-electron chi connectivity index (χ1n) is 6.14. The lowest BCUT2D eigenvalue weighted by molar-refractivity contribution is 0.0595. The van der Waals surface area contributed by atoms with Crippen LogP contribution in [0.2, 0.25) is 0 Å². The Balaban J connectivity index is 2.37. The van der Waals surface area contributed by atoms with E-state index in [0.29, 0.717) is 17.0 Å². The first-order valence-corrected chi connectivity index (χ1v) is 6.14. The van der Waals surface area contributed by atoms with E-state index in [1.54, 1.807) is 18.3 Å². The topological polar surface area (TPSA) is 68.7 Å². The third-order valence-electron chi connectivity index (χ3n) is 3.00. The molecule has 0 unspecified atom stereocenters. The van der Waals surface area contributed by atoms with Crippen LogP contribution in [0.3, 0.4) is 0 Å². The molecule has 6 heteroatoms. The molecule has 0 spiro atoms. The molecule has 0 saturated carbocycles. The predicted molar refractivity (Wildman–Crippen MR) is 73.0 cm³/mol. The Labute approximate surface area is 121 Å². The molecule has 1 aromatic heterocycles. The van der Waals surface area contributed by atoms with Gasteiger partial charge in [0.25, 0.3) is 0 Å². The average molecular weight is 291 g/mol. The minimum atomic E-state index is -0.840. The third kappa shape index (κ3) is 3.10. The van der Waals surface area contributed by atoms with Gasteiger partial charge in [-0.05, 0) is 18.2 Å². The van der Waals surface area contributed by atoms with Crippen molar-refractivity contribution >= 4 is 5.97 Å². The van der Waals surface area contributed by atoms with Gasteiger partial charge in [0.2, 0.25) is 5.88 Å². The fraction of sp³-hybridized carbons (Fsp3) is 0.200. The number of carbonyl (C=O) groups excluding carboxylic acids is 1. The molecule has 1 heterocycles. The quantitative estimate of drug-likeness (QED) is 0.875.